The Balaban J connectivity index is 2.10. The van der Waals surface area contributed by atoms with Gasteiger partial charge in [0, 0.05) is 6.04 Å². The molecule has 1 aromatic carbocycles. The summed E-state index contributed by atoms with van der Waals surface area (Å²) in [4.78, 5) is 0. The van der Waals surface area contributed by atoms with Crippen molar-refractivity contribution in [1.82, 2.24) is 0 Å². The minimum Gasteiger partial charge on any atom is -0.492 e. The van der Waals surface area contributed by atoms with Crippen LogP contribution < -0.4 is 10.5 Å². The van der Waals surface area contributed by atoms with Gasteiger partial charge in [0.1, 0.15) is 5.75 Å². The number of hydrogen-bond acceptors (Lipinski definition) is 2. The standard InChI is InChI=1S/C16H24BrNO/c1-3-9-19-15-8-7-12(10-14(15)17)16(18)13-6-4-5-11(13)2/h7-8,10-11,13,16H,3-6,9,18H2,1-2H3. The van der Waals surface area contributed by atoms with E-state index in [-0.39, 0.29) is 6.04 Å². The zero-order valence-electron chi connectivity index (χ0n) is 11.9. The number of nitrogens with two attached hydrogens (primary N) is 1. The molecule has 2 nitrogen and oxygen atoms in total. The zero-order chi connectivity index (χ0) is 13.8. The van der Waals surface area contributed by atoms with Crippen molar-refractivity contribution in [1.29, 1.82) is 0 Å². The molecule has 3 heteroatoms. The number of halogens is 1. The van der Waals surface area contributed by atoms with E-state index in [0.717, 1.165) is 29.2 Å². The molecule has 106 valence electrons. The average molecular weight is 326 g/mol. The normalized spacial score (nSPS) is 24.4. The van der Waals surface area contributed by atoms with Crippen LogP contribution in [0.25, 0.3) is 0 Å². The SMILES string of the molecule is CCCOc1ccc(C(N)C2CCCC2C)cc1Br. The van der Waals surface area contributed by atoms with Crippen LogP contribution in [0.15, 0.2) is 22.7 Å². The first kappa shape index (κ1) is 14.9. The van der Waals surface area contributed by atoms with Gasteiger partial charge in [0.05, 0.1) is 11.1 Å². The zero-order valence-corrected chi connectivity index (χ0v) is 13.4. The minimum absolute atomic E-state index is 0.147. The van der Waals surface area contributed by atoms with E-state index in [1.165, 1.54) is 24.8 Å². The summed E-state index contributed by atoms with van der Waals surface area (Å²) in [5.74, 6) is 2.27. The van der Waals surface area contributed by atoms with Crippen molar-refractivity contribution in [2.24, 2.45) is 17.6 Å². The Kier molecular flexibility index (Phi) is 5.28. The molecule has 1 saturated carbocycles. The van der Waals surface area contributed by atoms with Gasteiger partial charge in [0.15, 0.2) is 0 Å². The smallest absolute Gasteiger partial charge is 0.133 e. The Morgan fingerprint density at radius 3 is 2.79 bits per heavy atom. The maximum absolute atomic E-state index is 6.45. The predicted octanol–water partition coefficient (Wildman–Crippen LogP) is 4.67. The molecule has 0 saturated heterocycles. The quantitative estimate of drug-likeness (QED) is 0.853. The first-order chi connectivity index (χ1) is 9.13. The number of hydrogen-bond donors (Lipinski definition) is 1. The Labute approximate surface area is 124 Å². The van der Waals surface area contributed by atoms with Crippen molar-refractivity contribution in [3.8, 4) is 5.75 Å². The molecule has 0 amide bonds. The van der Waals surface area contributed by atoms with Crippen molar-refractivity contribution in [3.63, 3.8) is 0 Å². The molecule has 1 fully saturated rings. The Morgan fingerprint density at radius 1 is 1.42 bits per heavy atom. The average Bonchev–Trinajstić information content (AvgIpc) is 2.82. The predicted molar refractivity (Wildman–Crippen MR) is 83.4 cm³/mol. The second-order valence-electron chi connectivity index (χ2n) is 5.64. The summed E-state index contributed by atoms with van der Waals surface area (Å²) in [6.07, 6.45) is 4.91. The molecular formula is C16H24BrNO. The molecule has 3 atom stereocenters. The van der Waals surface area contributed by atoms with Crippen LogP contribution in [0, 0.1) is 11.8 Å². The van der Waals surface area contributed by atoms with Gasteiger partial charge in [-0.25, -0.2) is 0 Å². The molecule has 2 N–H and O–H groups in total. The second-order valence-corrected chi connectivity index (χ2v) is 6.49. The van der Waals surface area contributed by atoms with E-state index in [1.807, 2.05) is 6.07 Å². The topological polar surface area (TPSA) is 35.2 Å². The van der Waals surface area contributed by atoms with Crippen molar-refractivity contribution in [3.05, 3.63) is 28.2 Å². The van der Waals surface area contributed by atoms with Crippen LogP contribution in [-0.2, 0) is 0 Å². The Morgan fingerprint density at radius 2 is 2.21 bits per heavy atom. The van der Waals surface area contributed by atoms with Crippen molar-refractivity contribution in [2.45, 2.75) is 45.6 Å². The van der Waals surface area contributed by atoms with Gasteiger partial charge >= 0.3 is 0 Å². The molecule has 0 radical (unpaired) electrons. The van der Waals surface area contributed by atoms with Gasteiger partial charge in [-0.1, -0.05) is 32.8 Å². The fraction of sp³-hybridized carbons (Fsp3) is 0.625. The van der Waals surface area contributed by atoms with Gasteiger partial charge in [-0.3, -0.25) is 0 Å². The van der Waals surface area contributed by atoms with Gasteiger partial charge in [0.25, 0.3) is 0 Å². The maximum Gasteiger partial charge on any atom is 0.133 e. The molecule has 1 aliphatic rings. The lowest BCUT2D eigenvalue weighted by atomic mass is 9.86. The lowest BCUT2D eigenvalue weighted by molar-refractivity contribution is 0.314. The van der Waals surface area contributed by atoms with Crippen LogP contribution in [-0.4, -0.2) is 6.61 Å². The lowest BCUT2D eigenvalue weighted by Gasteiger charge is -2.24. The van der Waals surface area contributed by atoms with Crippen molar-refractivity contribution in [2.75, 3.05) is 6.61 Å². The maximum atomic E-state index is 6.45. The number of benzene rings is 1. The molecule has 0 aromatic heterocycles. The third kappa shape index (κ3) is 3.51. The molecule has 0 heterocycles. The second kappa shape index (κ2) is 6.76. The highest BCUT2D eigenvalue weighted by Gasteiger charge is 2.29. The molecule has 0 aliphatic heterocycles. The van der Waals surface area contributed by atoms with Gasteiger partial charge in [-0.2, -0.15) is 0 Å². The first-order valence-corrected chi connectivity index (χ1v) is 8.10. The largest absolute Gasteiger partial charge is 0.492 e. The third-order valence-electron chi connectivity index (χ3n) is 4.19. The minimum atomic E-state index is 0.147. The van der Waals surface area contributed by atoms with Crippen molar-refractivity contribution >= 4 is 15.9 Å². The van der Waals surface area contributed by atoms with E-state index < -0.39 is 0 Å². The van der Waals surface area contributed by atoms with Crippen LogP contribution in [0.1, 0.15) is 51.1 Å². The monoisotopic (exact) mass is 325 g/mol. The summed E-state index contributed by atoms with van der Waals surface area (Å²) in [6, 6.07) is 6.43. The molecular weight excluding hydrogens is 302 g/mol. The van der Waals surface area contributed by atoms with Crippen LogP contribution >= 0.6 is 15.9 Å². The Hall–Kier alpha value is -0.540. The summed E-state index contributed by atoms with van der Waals surface area (Å²) >= 11 is 3.59. The van der Waals surface area contributed by atoms with Gasteiger partial charge < -0.3 is 10.5 Å². The van der Waals surface area contributed by atoms with Crippen molar-refractivity contribution < 1.29 is 4.74 Å². The summed E-state index contributed by atoms with van der Waals surface area (Å²) in [5, 5.41) is 0. The highest BCUT2D eigenvalue weighted by molar-refractivity contribution is 9.10. The molecule has 1 aliphatic carbocycles. The summed E-state index contributed by atoms with van der Waals surface area (Å²) in [7, 11) is 0. The highest BCUT2D eigenvalue weighted by atomic mass is 79.9. The molecule has 2 rings (SSSR count). The molecule has 1 aromatic rings. The van der Waals surface area contributed by atoms with Gasteiger partial charge in [-0.15, -0.1) is 0 Å². The fourth-order valence-corrected chi connectivity index (χ4v) is 3.52. The molecule has 19 heavy (non-hydrogen) atoms. The summed E-state index contributed by atoms with van der Waals surface area (Å²) < 4.78 is 6.69. The van der Waals surface area contributed by atoms with E-state index >= 15 is 0 Å². The van der Waals surface area contributed by atoms with Crippen LogP contribution in [0.3, 0.4) is 0 Å². The van der Waals surface area contributed by atoms with E-state index in [2.05, 4.69) is 41.9 Å². The molecule has 0 spiro atoms. The lowest BCUT2D eigenvalue weighted by Crippen LogP contribution is -2.23. The molecule has 3 unspecified atom stereocenters. The van der Waals surface area contributed by atoms with Gasteiger partial charge in [0.2, 0.25) is 0 Å². The highest BCUT2D eigenvalue weighted by Crippen LogP contribution is 2.40. The third-order valence-corrected chi connectivity index (χ3v) is 4.81. The fourth-order valence-electron chi connectivity index (χ4n) is 3.01. The van der Waals surface area contributed by atoms with E-state index in [0.29, 0.717) is 5.92 Å². The van der Waals surface area contributed by atoms with E-state index in [4.69, 9.17) is 10.5 Å². The Bertz CT molecular complexity index is 421. The van der Waals surface area contributed by atoms with Crippen LogP contribution in [0.2, 0.25) is 0 Å². The van der Waals surface area contributed by atoms with Gasteiger partial charge in [-0.05, 0) is 58.3 Å². The van der Waals surface area contributed by atoms with E-state index in [9.17, 15) is 0 Å². The van der Waals surface area contributed by atoms with Crippen LogP contribution in [0.4, 0.5) is 0 Å². The number of rotatable bonds is 5. The molecule has 0 bridgehead atoms. The van der Waals surface area contributed by atoms with E-state index in [1.54, 1.807) is 0 Å². The summed E-state index contributed by atoms with van der Waals surface area (Å²) in [6.45, 7) is 5.19. The van der Waals surface area contributed by atoms with Crippen LogP contribution in [0.5, 0.6) is 5.75 Å². The summed E-state index contributed by atoms with van der Waals surface area (Å²) in [5.41, 5.74) is 7.67. The number of ether oxygens (including phenoxy) is 1. The first-order valence-electron chi connectivity index (χ1n) is 7.31.